The first-order chi connectivity index (χ1) is 19.7. The van der Waals surface area contributed by atoms with Gasteiger partial charge in [0, 0.05) is 22.9 Å². The number of carbonyl (C=O) groups is 1. The Hall–Kier alpha value is -2.82. The third kappa shape index (κ3) is 8.02. The van der Waals surface area contributed by atoms with Crippen molar-refractivity contribution in [3.63, 3.8) is 0 Å². The fourth-order valence-corrected chi connectivity index (χ4v) is 7.50. The van der Waals surface area contributed by atoms with Gasteiger partial charge in [-0.05, 0) is 54.8 Å². The molecule has 2 aromatic carbocycles. The monoisotopic (exact) mass is 649 g/mol. The molecule has 0 saturated carbocycles. The Morgan fingerprint density at radius 2 is 1.84 bits per heavy atom. The first-order valence-electron chi connectivity index (χ1n) is 12.4. The van der Waals surface area contributed by atoms with Gasteiger partial charge in [-0.3, -0.25) is 4.98 Å². The molecule has 0 aliphatic rings. The van der Waals surface area contributed by atoms with E-state index in [1.54, 1.807) is 32.0 Å². The van der Waals surface area contributed by atoms with E-state index < -0.39 is 46.6 Å². The van der Waals surface area contributed by atoms with Crippen LogP contribution >= 0.6 is 0 Å². The van der Waals surface area contributed by atoms with Gasteiger partial charge in [0.15, 0.2) is 19.0 Å². The Morgan fingerprint density at radius 3 is 2.49 bits per heavy atom. The molecule has 2 aromatic heterocycles. The summed E-state index contributed by atoms with van der Waals surface area (Å²) in [6.07, 6.45) is -3.35. The van der Waals surface area contributed by atoms with Crippen molar-refractivity contribution in [2.75, 3.05) is 13.2 Å². The molecule has 2 heterocycles. The second kappa shape index (κ2) is 13.9. The summed E-state index contributed by atoms with van der Waals surface area (Å²) in [5.41, 5.74) is 1.11. The summed E-state index contributed by atoms with van der Waals surface area (Å²) in [6, 6.07) is 11.6. The number of rotatable bonds is 11. The van der Waals surface area contributed by atoms with Crippen molar-refractivity contribution >= 4 is 67.8 Å². The molecule has 4 rings (SSSR count). The quantitative estimate of drug-likeness (QED) is 0.187. The molecular formula is C27H27F3N3NaO7S2. The zero-order valence-electron chi connectivity index (χ0n) is 22.6. The SMILES string of the molecule is Cc1c(OCC(F)(F)F)ccnc1C[S+]([O-])c1nc2ccccc2n1S(=O)(=O)c1ccc(OCC(=O)O)cc1C(C)C.[NaH]. The molecule has 1 atom stereocenters. The van der Waals surface area contributed by atoms with E-state index in [9.17, 15) is 30.9 Å². The summed E-state index contributed by atoms with van der Waals surface area (Å²) < 4.78 is 91.2. The molecule has 0 saturated heterocycles. The van der Waals surface area contributed by atoms with Crippen LogP contribution in [0.1, 0.15) is 36.6 Å². The number of aromatic nitrogens is 3. The number of nitrogens with zero attached hydrogens (tertiary/aromatic N) is 3. The fourth-order valence-electron chi connectivity index (χ4n) is 4.11. The number of halogens is 3. The molecule has 4 aromatic rings. The van der Waals surface area contributed by atoms with Crippen molar-refractivity contribution in [2.45, 2.75) is 48.7 Å². The molecule has 0 radical (unpaired) electrons. The van der Waals surface area contributed by atoms with Crippen molar-refractivity contribution in [3.8, 4) is 11.5 Å². The van der Waals surface area contributed by atoms with Crippen LogP contribution in [0.15, 0.2) is 64.8 Å². The number of hydrogen-bond acceptors (Lipinski definition) is 8. The summed E-state index contributed by atoms with van der Waals surface area (Å²) in [7, 11) is -4.44. The average Bonchev–Trinajstić information content (AvgIpc) is 3.32. The van der Waals surface area contributed by atoms with E-state index in [1.165, 1.54) is 43.5 Å². The molecule has 0 aliphatic carbocycles. The van der Waals surface area contributed by atoms with Gasteiger partial charge in [-0.15, -0.1) is 0 Å². The Balaban J connectivity index is 0.00000506. The topological polar surface area (TPSA) is 144 Å². The first kappa shape index (κ1) is 34.7. The summed E-state index contributed by atoms with van der Waals surface area (Å²) in [6.45, 7) is 2.83. The van der Waals surface area contributed by atoms with Crippen molar-refractivity contribution in [2.24, 2.45) is 0 Å². The van der Waals surface area contributed by atoms with Crippen molar-refractivity contribution in [3.05, 3.63) is 71.5 Å². The Morgan fingerprint density at radius 1 is 1.14 bits per heavy atom. The van der Waals surface area contributed by atoms with Crippen LogP contribution in [0.5, 0.6) is 11.5 Å². The van der Waals surface area contributed by atoms with Gasteiger partial charge < -0.3 is 19.1 Å². The number of alkyl halides is 3. The van der Waals surface area contributed by atoms with Gasteiger partial charge in [0.05, 0.1) is 21.6 Å². The molecule has 226 valence electrons. The van der Waals surface area contributed by atoms with Gasteiger partial charge in [0.2, 0.25) is 0 Å². The van der Waals surface area contributed by atoms with Crippen molar-refractivity contribution in [1.29, 1.82) is 0 Å². The zero-order chi connectivity index (χ0) is 30.8. The predicted octanol–water partition coefficient (Wildman–Crippen LogP) is 4.16. The molecule has 1 unspecified atom stereocenters. The van der Waals surface area contributed by atoms with Gasteiger partial charge >= 0.3 is 46.9 Å². The van der Waals surface area contributed by atoms with E-state index in [2.05, 4.69) is 9.97 Å². The van der Waals surface area contributed by atoms with Gasteiger partial charge in [0.1, 0.15) is 11.5 Å². The van der Waals surface area contributed by atoms with Crippen molar-refractivity contribution < 1.29 is 45.5 Å². The van der Waals surface area contributed by atoms with Crippen LogP contribution in [-0.4, -0.2) is 86.9 Å². The molecule has 0 aliphatic heterocycles. The second-order valence-corrected chi connectivity index (χ2v) is 12.6. The van der Waals surface area contributed by atoms with Crippen LogP contribution in [0.2, 0.25) is 0 Å². The minimum absolute atomic E-state index is 0. The summed E-state index contributed by atoms with van der Waals surface area (Å²) in [5.74, 6) is -1.82. The van der Waals surface area contributed by atoms with E-state index >= 15 is 0 Å². The maximum atomic E-state index is 14.2. The maximum absolute atomic E-state index is 14.2. The van der Waals surface area contributed by atoms with Crippen molar-refractivity contribution in [1.82, 2.24) is 13.9 Å². The third-order valence-corrected chi connectivity index (χ3v) is 9.21. The van der Waals surface area contributed by atoms with Gasteiger partial charge in [-0.1, -0.05) is 26.0 Å². The van der Waals surface area contributed by atoms with Crippen LogP contribution in [0.25, 0.3) is 11.0 Å². The number of benzene rings is 2. The normalized spacial score (nSPS) is 12.7. The number of hydrogen-bond donors (Lipinski definition) is 1. The number of imidazole rings is 1. The van der Waals surface area contributed by atoms with Gasteiger partial charge in [0.25, 0.3) is 10.0 Å². The van der Waals surface area contributed by atoms with E-state index in [0.29, 0.717) is 5.56 Å². The van der Waals surface area contributed by atoms with E-state index in [-0.39, 0.29) is 85.1 Å². The molecule has 0 bridgehead atoms. The molecule has 16 heteroatoms. The van der Waals surface area contributed by atoms with Gasteiger partial charge in [-0.2, -0.15) is 22.1 Å². The second-order valence-electron chi connectivity index (χ2n) is 9.46. The van der Waals surface area contributed by atoms with Crippen LogP contribution in [0, 0.1) is 6.92 Å². The standard InChI is InChI=1S/C27H26F3N3O7S2.Na.H/c1-16(2)19-12-18(39-13-25(34)35)8-9-24(19)42(37,38)33-22-7-5-4-6-20(22)32-26(33)41(36)14-21-17(3)23(10-11-31-21)40-15-27(28,29)30;;/h4-12,16H,13-15H2,1-3H3,(H,34,35);;. The Kier molecular flexibility index (Phi) is 11.2. The molecule has 43 heavy (non-hydrogen) atoms. The molecule has 1 N–H and O–H groups in total. The summed E-state index contributed by atoms with van der Waals surface area (Å²) in [4.78, 5) is 19.3. The molecular weight excluding hydrogens is 622 g/mol. The average molecular weight is 650 g/mol. The molecule has 10 nitrogen and oxygen atoms in total. The summed E-state index contributed by atoms with van der Waals surface area (Å²) >= 11 is -2.13. The van der Waals surface area contributed by atoms with Crippen LogP contribution in [0.3, 0.4) is 0 Å². The predicted molar refractivity (Wildman–Crippen MR) is 154 cm³/mol. The minimum atomic E-state index is -4.56. The molecule has 0 spiro atoms. The van der Waals surface area contributed by atoms with E-state index in [1.807, 2.05) is 0 Å². The van der Waals surface area contributed by atoms with Crippen LogP contribution in [0.4, 0.5) is 13.2 Å². The number of ether oxygens (including phenoxy) is 2. The van der Waals surface area contributed by atoms with E-state index in [4.69, 9.17) is 14.6 Å². The Labute approximate surface area is 270 Å². The zero-order valence-corrected chi connectivity index (χ0v) is 24.2. The number of carboxylic acids is 1. The molecule has 0 fully saturated rings. The number of para-hydroxylation sites is 2. The van der Waals surface area contributed by atoms with Crippen LogP contribution < -0.4 is 9.47 Å². The first-order valence-corrected chi connectivity index (χ1v) is 15.2. The number of aliphatic carboxylic acids is 1. The Bertz CT molecular complexity index is 1730. The molecule has 0 amide bonds. The number of carboxylic acid groups (broad SMARTS) is 1. The third-order valence-electron chi connectivity index (χ3n) is 6.10. The van der Waals surface area contributed by atoms with E-state index in [0.717, 1.165) is 3.97 Å². The number of fused-ring (bicyclic) bond motifs is 1. The fraction of sp³-hybridized carbons (Fsp3) is 0.296. The van der Waals surface area contributed by atoms with Gasteiger partial charge in [-0.25, -0.2) is 13.2 Å². The number of pyridine rings is 1. The summed E-state index contributed by atoms with van der Waals surface area (Å²) in [5, 5.41) is 8.62. The van der Waals surface area contributed by atoms with Crippen LogP contribution in [-0.2, 0) is 31.7 Å².